The summed E-state index contributed by atoms with van der Waals surface area (Å²) in [7, 11) is 1.90. The Bertz CT molecular complexity index is 601. The number of fused-ring (bicyclic) bond motifs is 1. The second-order valence-electron chi connectivity index (χ2n) is 5.65. The number of nitrogens with one attached hydrogen (secondary N) is 1. The van der Waals surface area contributed by atoms with Crippen LogP contribution in [0, 0.1) is 0 Å². The Hall–Kier alpha value is -1.69. The monoisotopic (exact) mass is 275 g/mol. The van der Waals surface area contributed by atoms with E-state index in [1.807, 2.05) is 7.05 Å². The molecule has 0 radical (unpaired) electrons. The fourth-order valence-electron chi connectivity index (χ4n) is 2.78. The predicted molar refractivity (Wildman–Crippen MR) is 77.7 cm³/mol. The summed E-state index contributed by atoms with van der Waals surface area (Å²) in [5, 5.41) is 17.8. The molecule has 0 bridgehead atoms. The Morgan fingerprint density at radius 1 is 1.40 bits per heavy atom. The van der Waals surface area contributed by atoms with Gasteiger partial charge in [0, 0.05) is 19.5 Å². The van der Waals surface area contributed by atoms with Gasteiger partial charge in [-0.2, -0.15) is 5.10 Å². The number of aromatic nitrogens is 4. The Morgan fingerprint density at radius 2 is 2.15 bits per heavy atom. The molecule has 2 heterocycles. The van der Waals surface area contributed by atoms with Gasteiger partial charge in [-0.05, 0) is 19.8 Å². The van der Waals surface area contributed by atoms with E-state index in [1.54, 1.807) is 17.8 Å². The fourth-order valence-corrected chi connectivity index (χ4v) is 2.78. The maximum Gasteiger partial charge on any atom is 0.163 e. The van der Waals surface area contributed by atoms with Crippen LogP contribution in [0.25, 0.3) is 11.0 Å². The molecule has 0 unspecified atom stereocenters. The fraction of sp³-hybridized carbons (Fsp3) is 0.643. The molecule has 1 aliphatic rings. The van der Waals surface area contributed by atoms with E-state index < -0.39 is 6.10 Å². The summed E-state index contributed by atoms with van der Waals surface area (Å²) in [6.07, 6.45) is 6.21. The van der Waals surface area contributed by atoms with Crippen LogP contribution >= 0.6 is 0 Å². The molecule has 6 nitrogen and oxygen atoms in total. The normalized spacial score (nSPS) is 17.8. The van der Waals surface area contributed by atoms with Gasteiger partial charge < -0.3 is 10.4 Å². The molecule has 1 fully saturated rings. The van der Waals surface area contributed by atoms with Gasteiger partial charge in [-0.3, -0.25) is 4.68 Å². The van der Waals surface area contributed by atoms with E-state index in [1.165, 1.54) is 25.7 Å². The highest BCUT2D eigenvalue weighted by atomic mass is 16.3. The molecule has 0 aromatic carbocycles. The quantitative estimate of drug-likeness (QED) is 0.890. The number of hydrogen-bond acceptors (Lipinski definition) is 5. The van der Waals surface area contributed by atoms with Crippen LogP contribution in [0.5, 0.6) is 0 Å². The lowest BCUT2D eigenvalue weighted by Gasteiger charge is -2.13. The zero-order valence-corrected chi connectivity index (χ0v) is 12.0. The van der Waals surface area contributed by atoms with E-state index in [0.717, 1.165) is 22.7 Å². The SMILES string of the molecule is C[C@H](O)CNc1nc(C2CCCC2)nc2c1cnn2C. The standard InChI is InChI=1S/C14H21N5O/c1-9(20)7-15-13-11-8-16-19(2)14(11)18-12(17-13)10-5-3-4-6-10/h8-10,20H,3-7H2,1-2H3,(H,15,17,18)/t9-/m0/s1. The van der Waals surface area contributed by atoms with Gasteiger partial charge >= 0.3 is 0 Å². The molecule has 1 atom stereocenters. The van der Waals surface area contributed by atoms with Crippen molar-refractivity contribution in [1.29, 1.82) is 0 Å². The van der Waals surface area contributed by atoms with Crippen molar-refractivity contribution in [3.05, 3.63) is 12.0 Å². The van der Waals surface area contributed by atoms with Crippen molar-refractivity contribution in [1.82, 2.24) is 19.7 Å². The molecule has 2 aromatic rings. The van der Waals surface area contributed by atoms with E-state index in [4.69, 9.17) is 4.98 Å². The van der Waals surface area contributed by atoms with E-state index in [0.29, 0.717) is 12.5 Å². The number of hydrogen-bond donors (Lipinski definition) is 2. The molecule has 3 rings (SSSR count). The first-order valence-electron chi connectivity index (χ1n) is 7.26. The third-order valence-corrected chi connectivity index (χ3v) is 3.89. The third kappa shape index (κ3) is 2.47. The van der Waals surface area contributed by atoms with E-state index >= 15 is 0 Å². The van der Waals surface area contributed by atoms with Crippen molar-refractivity contribution in [2.45, 2.75) is 44.6 Å². The van der Waals surface area contributed by atoms with Gasteiger partial charge in [0.15, 0.2) is 5.65 Å². The molecule has 1 aliphatic carbocycles. The smallest absolute Gasteiger partial charge is 0.163 e. The number of aliphatic hydroxyl groups is 1. The van der Waals surface area contributed by atoms with Gasteiger partial charge in [0.25, 0.3) is 0 Å². The molecule has 0 saturated heterocycles. The number of aliphatic hydroxyl groups excluding tert-OH is 1. The third-order valence-electron chi connectivity index (χ3n) is 3.89. The minimum absolute atomic E-state index is 0.411. The molecule has 108 valence electrons. The second-order valence-corrected chi connectivity index (χ2v) is 5.65. The van der Waals surface area contributed by atoms with Crippen LogP contribution in [-0.4, -0.2) is 37.5 Å². The summed E-state index contributed by atoms with van der Waals surface area (Å²) in [4.78, 5) is 9.37. The minimum atomic E-state index is -0.411. The summed E-state index contributed by atoms with van der Waals surface area (Å²) < 4.78 is 1.78. The average Bonchev–Trinajstić information content (AvgIpc) is 3.06. The first-order chi connectivity index (χ1) is 9.65. The number of anilines is 1. The zero-order valence-electron chi connectivity index (χ0n) is 12.0. The lowest BCUT2D eigenvalue weighted by atomic mass is 10.1. The highest BCUT2D eigenvalue weighted by molar-refractivity contribution is 5.86. The number of rotatable bonds is 4. The summed E-state index contributed by atoms with van der Waals surface area (Å²) in [6, 6.07) is 0. The summed E-state index contributed by atoms with van der Waals surface area (Å²) >= 11 is 0. The van der Waals surface area contributed by atoms with Crippen LogP contribution in [0.15, 0.2) is 6.20 Å². The van der Waals surface area contributed by atoms with Crippen molar-refractivity contribution in [2.24, 2.45) is 7.05 Å². The van der Waals surface area contributed by atoms with Crippen LogP contribution in [0.2, 0.25) is 0 Å². The zero-order chi connectivity index (χ0) is 14.1. The molecule has 2 aromatic heterocycles. The molecular weight excluding hydrogens is 254 g/mol. The maximum absolute atomic E-state index is 9.45. The highest BCUT2D eigenvalue weighted by Crippen LogP contribution is 2.33. The summed E-state index contributed by atoms with van der Waals surface area (Å²) in [5.74, 6) is 2.15. The van der Waals surface area contributed by atoms with Gasteiger partial charge in [-0.1, -0.05) is 12.8 Å². The van der Waals surface area contributed by atoms with Crippen LogP contribution in [0.1, 0.15) is 44.3 Å². The van der Waals surface area contributed by atoms with E-state index in [2.05, 4.69) is 15.4 Å². The van der Waals surface area contributed by atoms with Gasteiger partial charge in [-0.15, -0.1) is 0 Å². The molecule has 0 aliphatic heterocycles. The first-order valence-corrected chi connectivity index (χ1v) is 7.26. The Kier molecular flexibility index (Phi) is 3.56. The molecule has 0 spiro atoms. The van der Waals surface area contributed by atoms with Crippen molar-refractivity contribution in [3.63, 3.8) is 0 Å². The van der Waals surface area contributed by atoms with Crippen molar-refractivity contribution < 1.29 is 5.11 Å². The maximum atomic E-state index is 9.45. The van der Waals surface area contributed by atoms with Crippen LogP contribution in [0.3, 0.4) is 0 Å². The van der Waals surface area contributed by atoms with Gasteiger partial charge in [0.05, 0.1) is 17.7 Å². The van der Waals surface area contributed by atoms with Crippen molar-refractivity contribution in [3.8, 4) is 0 Å². The summed E-state index contributed by atoms with van der Waals surface area (Å²) in [6.45, 7) is 2.23. The predicted octanol–water partition coefficient (Wildman–Crippen LogP) is 1.81. The second kappa shape index (κ2) is 5.36. The lowest BCUT2D eigenvalue weighted by molar-refractivity contribution is 0.208. The van der Waals surface area contributed by atoms with Gasteiger partial charge in [0.2, 0.25) is 0 Å². The Labute approximate surface area is 118 Å². The average molecular weight is 275 g/mol. The Balaban J connectivity index is 2.01. The molecule has 1 saturated carbocycles. The molecule has 2 N–H and O–H groups in total. The van der Waals surface area contributed by atoms with Gasteiger partial charge in [-0.25, -0.2) is 9.97 Å². The van der Waals surface area contributed by atoms with E-state index in [-0.39, 0.29) is 0 Å². The first kappa shape index (κ1) is 13.3. The van der Waals surface area contributed by atoms with Crippen LogP contribution in [0.4, 0.5) is 5.82 Å². The molecule has 6 heteroatoms. The highest BCUT2D eigenvalue weighted by Gasteiger charge is 2.22. The Morgan fingerprint density at radius 3 is 2.85 bits per heavy atom. The van der Waals surface area contributed by atoms with Gasteiger partial charge in [0.1, 0.15) is 11.6 Å². The molecular formula is C14H21N5O. The van der Waals surface area contributed by atoms with E-state index in [9.17, 15) is 5.11 Å². The topological polar surface area (TPSA) is 75.9 Å². The summed E-state index contributed by atoms with van der Waals surface area (Å²) in [5.41, 5.74) is 0.856. The van der Waals surface area contributed by atoms with Crippen molar-refractivity contribution >= 4 is 16.9 Å². The van der Waals surface area contributed by atoms with Crippen LogP contribution < -0.4 is 5.32 Å². The van der Waals surface area contributed by atoms with Crippen LogP contribution in [-0.2, 0) is 7.05 Å². The number of aryl methyl sites for hydroxylation is 1. The molecule has 20 heavy (non-hydrogen) atoms. The minimum Gasteiger partial charge on any atom is -0.392 e. The lowest BCUT2D eigenvalue weighted by Crippen LogP contribution is -2.17. The molecule has 0 amide bonds. The number of nitrogens with zero attached hydrogens (tertiary/aromatic N) is 4. The van der Waals surface area contributed by atoms with Crippen molar-refractivity contribution in [2.75, 3.05) is 11.9 Å². The largest absolute Gasteiger partial charge is 0.392 e.